The van der Waals surface area contributed by atoms with Gasteiger partial charge in [0.1, 0.15) is 10.8 Å². The zero-order valence-corrected chi connectivity index (χ0v) is 10.7. The van der Waals surface area contributed by atoms with Crippen molar-refractivity contribution in [1.29, 1.82) is 0 Å². The van der Waals surface area contributed by atoms with Crippen molar-refractivity contribution in [1.82, 2.24) is 20.0 Å². The molecule has 0 fully saturated rings. The molecule has 0 amide bonds. The van der Waals surface area contributed by atoms with Crippen LogP contribution < -0.4 is 0 Å². The van der Waals surface area contributed by atoms with Crippen LogP contribution in [-0.2, 0) is 0 Å². The zero-order valence-electron chi connectivity index (χ0n) is 9.89. The number of hydrogen-bond donors (Lipinski definition) is 1. The van der Waals surface area contributed by atoms with Crippen LogP contribution in [0.5, 0.6) is 5.88 Å². The number of halogens is 1. The summed E-state index contributed by atoms with van der Waals surface area (Å²) in [6.45, 7) is 0. The second-order valence-corrected chi connectivity index (χ2v) is 4.83. The summed E-state index contributed by atoms with van der Waals surface area (Å²) >= 11 is 0.962. The number of aromatic nitrogens is 4. The van der Waals surface area contributed by atoms with E-state index < -0.39 is 17.6 Å². The van der Waals surface area contributed by atoms with Gasteiger partial charge < -0.3 is 5.11 Å². The Morgan fingerprint density at radius 3 is 2.95 bits per heavy atom. The summed E-state index contributed by atoms with van der Waals surface area (Å²) in [5, 5.41) is 17.2. The van der Waals surface area contributed by atoms with E-state index in [1.807, 2.05) is 0 Å². The van der Waals surface area contributed by atoms with Gasteiger partial charge in [0, 0.05) is 5.56 Å². The molecule has 100 valence electrons. The van der Waals surface area contributed by atoms with Crippen molar-refractivity contribution in [3.8, 4) is 16.5 Å². The highest BCUT2D eigenvalue weighted by molar-refractivity contribution is 7.17. The van der Waals surface area contributed by atoms with Gasteiger partial charge in [-0.2, -0.15) is 4.68 Å². The van der Waals surface area contributed by atoms with E-state index in [0.29, 0.717) is 10.6 Å². The van der Waals surface area contributed by atoms with Crippen LogP contribution in [0.2, 0.25) is 0 Å². The number of nitrogens with zero attached hydrogens (tertiary/aromatic N) is 4. The first-order valence-corrected chi connectivity index (χ1v) is 6.33. The molecule has 0 aliphatic carbocycles. The van der Waals surface area contributed by atoms with E-state index in [1.54, 1.807) is 6.07 Å². The van der Waals surface area contributed by atoms with Crippen molar-refractivity contribution in [3.63, 3.8) is 0 Å². The molecule has 0 unspecified atom stereocenters. The molecule has 0 saturated heterocycles. The molecule has 3 aromatic rings. The minimum absolute atomic E-state index is 0.0229. The molecular weight excluding hydrogens is 283 g/mol. The third-order valence-corrected chi connectivity index (χ3v) is 3.59. The lowest BCUT2D eigenvalue weighted by Gasteiger charge is -1.95. The van der Waals surface area contributed by atoms with Crippen LogP contribution >= 0.6 is 11.3 Å². The Bertz CT molecular complexity index is 770. The van der Waals surface area contributed by atoms with E-state index in [1.165, 1.54) is 30.6 Å². The summed E-state index contributed by atoms with van der Waals surface area (Å²) in [6.07, 6.45) is 2.72. The zero-order chi connectivity index (χ0) is 14.1. The molecule has 3 rings (SSSR count). The fourth-order valence-electron chi connectivity index (χ4n) is 1.62. The quantitative estimate of drug-likeness (QED) is 0.780. The molecule has 0 atom stereocenters. The lowest BCUT2D eigenvalue weighted by Crippen LogP contribution is -2.11. The summed E-state index contributed by atoms with van der Waals surface area (Å²) in [7, 11) is 0. The van der Waals surface area contributed by atoms with Crippen LogP contribution in [0.25, 0.3) is 10.6 Å². The largest absolute Gasteiger partial charge is 0.492 e. The van der Waals surface area contributed by atoms with E-state index in [9.17, 15) is 14.3 Å². The second kappa shape index (κ2) is 4.82. The molecule has 0 bridgehead atoms. The molecule has 1 N–H and O–H groups in total. The summed E-state index contributed by atoms with van der Waals surface area (Å²) in [5.74, 6) is -1.36. The normalized spacial score (nSPS) is 10.7. The first-order valence-electron chi connectivity index (χ1n) is 5.52. The van der Waals surface area contributed by atoms with Crippen molar-refractivity contribution in [2.75, 3.05) is 0 Å². The first-order chi connectivity index (χ1) is 9.65. The van der Waals surface area contributed by atoms with Crippen LogP contribution in [0.15, 0.2) is 36.7 Å². The summed E-state index contributed by atoms with van der Waals surface area (Å²) in [5.41, 5.74) is 0.489. The molecular formula is C12H7FN4O2S. The second-order valence-electron chi connectivity index (χ2n) is 3.83. The van der Waals surface area contributed by atoms with Gasteiger partial charge in [-0.25, -0.2) is 9.37 Å². The lowest BCUT2D eigenvalue weighted by atomic mass is 10.2. The standard InChI is InChI=1S/C12H7FN4O2S/c13-8-3-1-2-7(6-8)11-15-10(18)9(20-11)12(19)17-5-4-14-16-17/h1-6,18H. The topological polar surface area (TPSA) is 80.9 Å². The van der Waals surface area contributed by atoms with E-state index in [2.05, 4.69) is 15.3 Å². The minimum Gasteiger partial charge on any atom is -0.492 e. The molecule has 0 aliphatic heterocycles. The first kappa shape index (κ1) is 12.4. The van der Waals surface area contributed by atoms with Crippen LogP contribution in [0.3, 0.4) is 0 Å². The lowest BCUT2D eigenvalue weighted by molar-refractivity contribution is 0.0944. The fraction of sp³-hybridized carbons (Fsp3) is 0. The Kier molecular flexibility index (Phi) is 2.99. The van der Waals surface area contributed by atoms with Crippen molar-refractivity contribution in [2.45, 2.75) is 0 Å². The Balaban J connectivity index is 2.01. The number of rotatable bonds is 2. The minimum atomic E-state index is -0.542. The maximum atomic E-state index is 13.2. The molecule has 2 aromatic heterocycles. The van der Waals surface area contributed by atoms with Crippen molar-refractivity contribution in [3.05, 3.63) is 47.4 Å². The monoisotopic (exact) mass is 290 g/mol. The Hall–Kier alpha value is -2.61. The fourth-order valence-corrected chi connectivity index (χ4v) is 2.51. The number of aromatic hydroxyl groups is 1. The van der Waals surface area contributed by atoms with Crippen LogP contribution in [0.1, 0.15) is 9.67 Å². The highest BCUT2D eigenvalue weighted by Gasteiger charge is 2.20. The van der Waals surface area contributed by atoms with Gasteiger partial charge in [0.25, 0.3) is 5.91 Å². The van der Waals surface area contributed by atoms with E-state index >= 15 is 0 Å². The number of carbonyl (C=O) groups excluding carboxylic acids is 1. The molecule has 6 nitrogen and oxygen atoms in total. The molecule has 0 spiro atoms. The van der Waals surface area contributed by atoms with Crippen molar-refractivity contribution < 1.29 is 14.3 Å². The summed E-state index contributed by atoms with van der Waals surface area (Å²) < 4.78 is 14.2. The number of carbonyl (C=O) groups is 1. The predicted molar refractivity (Wildman–Crippen MR) is 68.9 cm³/mol. The molecule has 20 heavy (non-hydrogen) atoms. The van der Waals surface area contributed by atoms with E-state index in [4.69, 9.17) is 0 Å². The van der Waals surface area contributed by atoms with Gasteiger partial charge in [-0.15, -0.1) is 16.4 Å². The molecule has 0 aliphatic rings. The summed E-state index contributed by atoms with van der Waals surface area (Å²) in [4.78, 5) is 15.9. The van der Waals surface area contributed by atoms with Gasteiger partial charge in [-0.05, 0) is 12.1 Å². The molecule has 8 heteroatoms. The van der Waals surface area contributed by atoms with Crippen molar-refractivity contribution >= 4 is 17.2 Å². The van der Waals surface area contributed by atoms with Gasteiger partial charge in [0.05, 0.1) is 12.4 Å². The van der Waals surface area contributed by atoms with Gasteiger partial charge in [-0.3, -0.25) is 4.79 Å². The Labute approximate surface area is 116 Å². The molecule has 0 saturated carbocycles. The third-order valence-electron chi connectivity index (χ3n) is 2.51. The number of benzene rings is 1. The van der Waals surface area contributed by atoms with Gasteiger partial charge in [0.15, 0.2) is 4.88 Å². The van der Waals surface area contributed by atoms with Crippen molar-refractivity contribution in [2.24, 2.45) is 0 Å². The Morgan fingerprint density at radius 2 is 2.25 bits per heavy atom. The number of thiazole rings is 1. The predicted octanol–water partition coefficient (Wildman–Crippen LogP) is 1.93. The van der Waals surface area contributed by atoms with Crippen LogP contribution in [-0.4, -0.2) is 31.0 Å². The van der Waals surface area contributed by atoms with E-state index in [0.717, 1.165) is 16.0 Å². The molecule has 1 aromatic carbocycles. The third kappa shape index (κ3) is 2.16. The number of hydrogen-bond acceptors (Lipinski definition) is 6. The van der Waals surface area contributed by atoms with E-state index in [-0.39, 0.29) is 4.88 Å². The average molecular weight is 290 g/mol. The van der Waals surface area contributed by atoms with Crippen LogP contribution in [0.4, 0.5) is 4.39 Å². The van der Waals surface area contributed by atoms with Gasteiger partial charge in [-0.1, -0.05) is 17.3 Å². The van der Waals surface area contributed by atoms with Gasteiger partial charge >= 0.3 is 0 Å². The maximum absolute atomic E-state index is 13.2. The van der Waals surface area contributed by atoms with Gasteiger partial charge in [0.2, 0.25) is 5.88 Å². The highest BCUT2D eigenvalue weighted by Crippen LogP contribution is 2.32. The molecule has 2 heterocycles. The highest BCUT2D eigenvalue weighted by atomic mass is 32.1. The smallest absolute Gasteiger partial charge is 0.295 e. The Morgan fingerprint density at radius 1 is 1.40 bits per heavy atom. The SMILES string of the molecule is O=C(c1sc(-c2cccc(F)c2)nc1O)n1ccnn1. The maximum Gasteiger partial charge on any atom is 0.295 e. The molecule has 0 radical (unpaired) electrons. The average Bonchev–Trinajstić information content (AvgIpc) is 3.07. The summed E-state index contributed by atoms with van der Waals surface area (Å²) in [6, 6.07) is 5.76. The van der Waals surface area contributed by atoms with Crippen LogP contribution in [0, 0.1) is 5.82 Å².